The molecule has 0 radical (unpaired) electrons. The van der Waals surface area contributed by atoms with Crippen LogP contribution in [0, 0.1) is 6.92 Å². The molecule has 0 aliphatic heterocycles. The number of aliphatic hydroxyl groups is 1. The molecule has 110 valence electrons. The molecule has 0 unspecified atom stereocenters. The smallest absolute Gasteiger partial charge is 0.251 e. The number of benzene rings is 1. The topological polar surface area (TPSA) is 80.0 Å². The Labute approximate surface area is 122 Å². The summed E-state index contributed by atoms with van der Waals surface area (Å²) in [6.07, 6.45) is 5.64. The molecule has 2 aromatic rings. The Bertz CT molecular complexity index is 648. The van der Waals surface area contributed by atoms with Gasteiger partial charge in [-0.05, 0) is 49.9 Å². The molecule has 0 atom stereocenters. The first-order valence-corrected chi connectivity index (χ1v) is 7.04. The molecule has 6 nitrogen and oxygen atoms in total. The van der Waals surface area contributed by atoms with Crippen LogP contribution in [0.3, 0.4) is 0 Å². The Morgan fingerprint density at radius 1 is 1.48 bits per heavy atom. The van der Waals surface area contributed by atoms with E-state index in [-0.39, 0.29) is 5.91 Å². The lowest BCUT2D eigenvalue weighted by Gasteiger charge is -2.36. The van der Waals surface area contributed by atoms with Crippen molar-refractivity contribution in [3.63, 3.8) is 0 Å². The summed E-state index contributed by atoms with van der Waals surface area (Å²) in [6.45, 7) is 2.24. The molecular weight excluding hydrogens is 268 g/mol. The van der Waals surface area contributed by atoms with Crippen molar-refractivity contribution in [3.05, 3.63) is 42.0 Å². The third-order valence-corrected chi connectivity index (χ3v) is 3.99. The second-order valence-electron chi connectivity index (χ2n) is 5.60. The zero-order chi connectivity index (χ0) is 14.9. The molecule has 1 heterocycles. The van der Waals surface area contributed by atoms with E-state index < -0.39 is 5.60 Å². The SMILES string of the molecule is Cc1cc(C(=O)NCC2(O)CCC2)ccc1-n1cncn1. The van der Waals surface area contributed by atoms with E-state index in [0.29, 0.717) is 12.1 Å². The summed E-state index contributed by atoms with van der Waals surface area (Å²) < 4.78 is 1.66. The molecule has 1 amide bonds. The van der Waals surface area contributed by atoms with Crippen molar-refractivity contribution in [1.82, 2.24) is 20.1 Å². The summed E-state index contributed by atoms with van der Waals surface area (Å²) in [5.74, 6) is -0.163. The van der Waals surface area contributed by atoms with Crippen molar-refractivity contribution < 1.29 is 9.90 Å². The van der Waals surface area contributed by atoms with Crippen LogP contribution in [-0.2, 0) is 0 Å². The number of nitrogens with zero attached hydrogens (tertiary/aromatic N) is 3. The van der Waals surface area contributed by atoms with Crippen LogP contribution < -0.4 is 5.32 Å². The van der Waals surface area contributed by atoms with Crippen LogP contribution in [0.25, 0.3) is 5.69 Å². The quantitative estimate of drug-likeness (QED) is 0.885. The van der Waals surface area contributed by atoms with E-state index in [9.17, 15) is 9.90 Å². The van der Waals surface area contributed by atoms with Gasteiger partial charge in [-0.25, -0.2) is 9.67 Å². The van der Waals surface area contributed by atoms with Crippen molar-refractivity contribution in [2.24, 2.45) is 0 Å². The normalized spacial score (nSPS) is 16.3. The summed E-state index contributed by atoms with van der Waals surface area (Å²) in [5.41, 5.74) is 1.71. The molecule has 1 aliphatic carbocycles. The minimum Gasteiger partial charge on any atom is -0.388 e. The van der Waals surface area contributed by atoms with Gasteiger partial charge in [0.1, 0.15) is 12.7 Å². The monoisotopic (exact) mass is 286 g/mol. The summed E-state index contributed by atoms with van der Waals surface area (Å²) in [6, 6.07) is 5.42. The number of rotatable bonds is 4. The number of carbonyl (C=O) groups excluding carboxylic acids is 1. The molecular formula is C15H18N4O2. The number of nitrogens with one attached hydrogen (secondary N) is 1. The Morgan fingerprint density at radius 3 is 2.86 bits per heavy atom. The highest BCUT2D eigenvalue weighted by molar-refractivity contribution is 5.94. The minimum atomic E-state index is -0.703. The number of hydrogen-bond donors (Lipinski definition) is 2. The predicted octanol–water partition coefficient (Wildman–Crippen LogP) is 1.22. The van der Waals surface area contributed by atoms with E-state index >= 15 is 0 Å². The fourth-order valence-electron chi connectivity index (χ4n) is 2.49. The maximum atomic E-state index is 12.1. The van der Waals surface area contributed by atoms with Crippen LogP contribution in [0.2, 0.25) is 0 Å². The van der Waals surface area contributed by atoms with Gasteiger partial charge in [-0.1, -0.05) is 0 Å². The van der Waals surface area contributed by atoms with Crippen molar-refractivity contribution in [2.45, 2.75) is 31.8 Å². The van der Waals surface area contributed by atoms with Crippen LogP contribution >= 0.6 is 0 Å². The third kappa shape index (κ3) is 2.80. The van der Waals surface area contributed by atoms with Gasteiger partial charge >= 0.3 is 0 Å². The molecule has 1 fully saturated rings. The molecule has 3 rings (SSSR count). The van der Waals surface area contributed by atoms with E-state index in [4.69, 9.17) is 0 Å². The Kier molecular flexibility index (Phi) is 3.47. The first-order valence-electron chi connectivity index (χ1n) is 7.04. The summed E-state index contributed by atoms with van der Waals surface area (Å²) in [7, 11) is 0. The van der Waals surface area contributed by atoms with E-state index in [2.05, 4.69) is 15.4 Å². The van der Waals surface area contributed by atoms with Gasteiger partial charge in [0.15, 0.2) is 0 Å². The fourth-order valence-corrected chi connectivity index (χ4v) is 2.49. The van der Waals surface area contributed by atoms with Crippen LogP contribution in [0.4, 0.5) is 0 Å². The lowest BCUT2D eigenvalue weighted by molar-refractivity contribution is -0.0300. The molecule has 1 aromatic heterocycles. The van der Waals surface area contributed by atoms with E-state index in [1.54, 1.807) is 17.1 Å². The molecule has 6 heteroatoms. The molecule has 2 N–H and O–H groups in total. The van der Waals surface area contributed by atoms with Crippen LogP contribution in [0.1, 0.15) is 35.2 Å². The van der Waals surface area contributed by atoms with Gasteiger partial charge in [0, 0.05) is 12.1 Å². The molecule has 0 saturated heterocycles. The van der Waals surface area contributed by atoms with Crippen molar-refractivity contribution in [2.75, 3.05) is 6.54 Å². The fraction of sp³-hybridized carbons (Fsp3) is 0.400. The lowest BCUT2D eigenvalue weighted by Crippen LogP contribution is -2.47. The number of hydrogen-bond acceptors (Lipinski definition) is 4. The highest BCUT2D eigenvalue weighted by atomic mass is 16.3. The molecule has 21 heavy (non-hydrogen) atoms. The molecule has 1 aliphatic rings. The predicted molar refractivity (Wildman–Crippen MR) is 77.2 cm³/mol. The third-order valence-electron chi connectivity index (χ3n) is 3.99. The largest absolute Gasteiger partial charge is 0.388 e. The van der Waals surface area contributed by atoms with Crippen LogP contribution in [0.15, 0.2) is 30.9 Å². The first kappa shape index (κ1) is 13.8. The zero-order valence-electron chi connectivity index (χ0n) is 11.9. The van der Waals surface area contributed by atoms with Gasteiger partial charge in [-0.3, -0.25) is 4.79 Å². The van der Waals surface area contributed by atoms with Crippen molar-refractivity contribution >= 4 is 5.91 Å². The van der Waals surface area contributed by atoms with Crippen molar-refractivity contribution in [1.29, 1.82) is 0 Å². The van der Waals surface area contributed by atoms with Gasteiger partial charge < -0.3 is 10.4 Å². The molecule has 0 spiro atoms. The standard InChI is InChI=1S/C15H18N4O2/c1-11-7-12(3-4-13(11)19-10-16-9-18-19)14(20)17-8-15(21)5-2-6-15/h3-4,7,9-10,21H,2,5-6,8H2,1H3,(H,17,20). The van der Waals surface area contributed by atoms with E-state index in [1.807, 2.05) is 19.1 Å². The van der Waals surface area contributed by atoms with E-state index in [1.165, 1.54) is 6.33 Å². The van der Waals surface area contributed by atoms with Crippen molar-refractivity contribution in [3.8, 4) is 5.69 Å². The number of carbonyl (C=O) groups is 1. The second-order valence-corrected chi connectivity index (χ2v) is 5.60. The first-order chi connectivity index (χ1) is 10.1. The average molecular weight is 286 g/mol. The van der Waals surface area contributed by atoms with Gasteiger partial charge in [0.25, 0.3) is 5.91 Å². The molecule has 1 aromatic carbocycles. The van der Waals surface area contributed by atoms with Gasteiger partial charge in [0.05, 0.1) is 11.3 Å². The number of aromatic nitrogens is 3. The molecule has 1 saturated carbocycles. The lowest BCUT2D eigenvalue weighted by atomic mass is 9.80. The zero-order valence-corrected chi connectivity index (χ0v) is 11.9. The Hall–Kier alpha value is -2.21. The van der Waals surface area contributed by atoms with Gasteiger partial charge in [-0.15, -0.1) is 0 Å². The second kappa shape index (κ2) is 5.29. The maximum Gasteiger partial charge on any atom is 0.251 e. The maximum absolute atomic E-state index is 12.1. The van der Waals surface area contributed by atoms with Crippen LogP contribution in [-0.4, -0.2) is 37.9 Å². The van der Waals surface area contributed by atoms with Gasteiger partial charge in [-0.2, -0.15) is 5.10 Å². The minimum absolute atomic E-state index is 0.163. The Morgan fingerprint density at radius 2 is 2.29 bits per heavy atom. The number of aryl methyl sites for hydroxylation is 1. The highest BCUT2D eigenvalue weighted by Gasteiger charge is 2.34. The summed E-state index contributed by atoms with van der Waals surface area (Å²) in [4.78, 5) is 16.0. The number of amides is 1. The summed E-state index contributed by atoms with van der Waals surface area (Å²) >= 11 is 0. The molecule has 0 bridgehead atoms. The summed E-state index contributed by atoms with van der Waals surface area (Å²) in [5, 5.41) is 16.9. The van der Waals surface area contributed by atoms with Gasteiger partial charge in [0.2, 0.25) is 0 Å². The van der Waals surface area contributed by atoms with E-state index in [0.717, 1.165) is 30.5 Å². The van der Waals surface area contributed by atoms with Crippen LogP contribution in [0.5, 0.6) is 0 Å². The highest BCUT2D eigenvalue weighted by Crippen LogP contribution is 2.30. The average Bonchev–Trinajstić information content (AvgIpc) is 2.96. The Balaban J connectivity index is 1.71.